The Balaban J connectivity index is 0.000000341. The van der Waals surface area contributed by atoms with Gasteiger partial charge in [-0.1, -0.05) is 61.7 Å². The van der Waals surface area contributed by atoms with E-state index in [4.69, 9.17) is 11.6 Å². The number of carbonyl (C=O) groups excluding carboxylic acids is 1. The number of nitrogens with zero attached hydrogens (tertiary/aromatic N) is 1. The maximum Gasteiger partial charge on any atom is 0.246 e. The van der Waals surface area contributed by atoms with E-state index >= 15 is 0 Å². The molecular weight excluding hydrogens is 308 g/mol. The molecule has 118 valence electrons. The molecule has 0 aromatic heterocycles. The minimum atomic E-state index is -0.116. The molecule has 1 N–H and O–H groups in total. The SMILES string of the molecule is CC1CC1.O=C1CN=C(c2ccccc2)c2cc(Cl)ccc2N1. The molecule has 3 nitrogen and oxygen atoms in total. The van der Waals surface area contributed by atoms with E-state index in [1.165, 1.54) is 12.8 Å². The number of hydrogen-bond donors (Lipinski definition) is 1. The molecule has 4 rings (SSSR count). The molecule has 0 spiro atoms. The molecule has 2 aliphatic rings. The van der Waals surface area contributed by atoms with Crippen LogP contribution in [0.3, 0.4) is 0 Å². The minimum Gasteiger partial charge on any atom is -0.324 e. The maximum atomic E-state index is 11.7. The Morgan fingerprint density at radius 3 is 2.48 bits per heavy atom. The largest absolute Gasteiger partial charge is 0.324 e. The van der Waals surface area contributed by atoms with E-state index in [2.05, 4.69) is 17.2 Å². The summed E-state index contributed by atoms with van der Waals surface area (Å²) in [6.07, 6.45) is 2.97. The van der Waals surface area contributed by atoms with Gasteiger partial charge in [-0.15, -0.1) is 0 Å². The number of fused-ring (bicyclic) bond motifs is 1. The van der Waals surface area contributed by atoms with Crippen molar-refractivity contribution < 1.29 is 4.79 Å². The van der Waals surface area contributed by atoms with Crippen LogP contribution in [0.4, 0.5) is 5.69 Å². The zero-order valence-corrected chi connectivity index (χ0v) is 13.8. The van der Waals surface area contributed by atoms with Crippen molar-refractivity contribution in [3.8, 4) is 0 Å². The van der Waals surface area contributed by atoms with Gasteiger partial charge in [-0.3, -0.25) is 9.79 Å². The number of aliphatic imine (C=N–C) groups is 1. The van der Waals surface area contributed by atoms with Crippen molar-refractivity contribution >= 4 is 28.9 Å². The van der Waals surface area contributed by atoms with Gasteiger partial charge in [0.15, 0.2) is 0 Å². The highest BCUT2D eigenvalue weighted by atomic mass is 35.5. The van der Waals surface area contributed by atoms with Gasteiger partial charge >= 0.3 is 0 Å². The topological polar surface area (TPSA) is 41.5 Å². The minimum absolute atomic E-state index is 0.116. The lowest BCUT2D eigenvalue weighted by Gasteiger charge is -2.10. The number of halogens is 1. The van der Waals surface area contributed by atoms with Crippen molar-refractivity contribution in [2.24, 2.45) is 10.9 Å². The van der Waals surface area contributed by atoms with Gasteiger partial charge in [0.25, 0.3) is 0 Å². The second-order valence-electron chi connectivity index (χ2n) is 5.95. The van der Waals surface area contributed by atoms with Gasteiger partial charge in [0.1, 0.15) is 6.54 Å². The van der Waals surface area contributed by atoms with Crippen molar-refractivity contribution in [1.82, 2.24) is 0 Å². The van der Waals surface area contributed by atoms with Crippen LogP contribution >= 0.6 is 11.6 Å². The molecule has 0 saturated heterocycles. The predicted molar refractivity (Wildman–Crippen MR) is 95.4 cm³/mol. The molecule has 1 aliphatic carbocycles. The number of carbonyl (C=O) groups is 1. The molecule has 23 heavy (non-hydrogen) atoms. The Morgan fingerprint density at radius 2 is 1.83 bits per heavy atom. The summed E-state index contributed by atoms with van der Waals surface area (Å²) >= 11 is 6.05. The lowest BCUT2D eigenvalue weighted by atomic mass is 10.0. The summed E-state index contributed by atoms with van der Waals surface area (Å²) in [6, 6.07) is 15.2. The highest BCUT2D eigenvalue weighted by Crippen LogP contribution is 2.27. The van der Waals surface area contributed by atoms with Gasteiger partial charge < -0.3 is 5.32 Å². The van der Waals surface area contributed by atoms with Crippen LogP contribution in [0.15, 0.2) is 53.5 Å². The van der Waals surface area contributed by atoms with E-state index in [9.17, 15) is 4.79 Å². The summed E-state index contributed by atoms with van der Waals surface area (Å²) in [7, 11) is 0. The van der Waals surface area contributed by atoms with Crippen molar-refractivity contribution in [3.63, 3.8) is 0 Å². The van der Waals surface area contributed by atoms with Crippen molar-refractivity contribution in [2.75, 3.05) is 11.9 Å². The van der Waals surface area contributed by atoms with Gasteiger partial charge in [-0.05, 0) is 24.1 Å². The zero-order valence-electron chi connectivity index (χ0n) is 13.1. The van der Waals surface area contributed by atoms with Crippen LogP contribution in [-0.2, 0) is 4.79 Å². The summed E-state index contributed by atoms with van der Waals surface area (Å²) in [4.78, 5) is 16.1. The molecule has 0 bridgehead atoms. The van der Waals surface area contributed by atoms with E-state index in [1.807, 2.05) is 36.4 Å². The summed E-state index contributed by atoms with van der Waals surface area (Å²) in [6.45, 7) is 2.40. The number of amides is 1. The van der Waals surface area contributed by atoms with Gasteiger partial charge in [0.2, 0.25) is 5.91 Å². The Hall–Kier alpha value is -2.13. The zero-order chi connectivity index (χ0) is 16.2. The molecule has 1 heterocycles. The first-order chi connectivity index (χ1) is 11.1. The number of anilines is 1. The quantitative estimate of drug-likeness (QED) is 0.821. The smallest absolute Gasteiger partial charge is 0.246 e. The molecule has 1 aliphatic heterocycles. The van der Waals surface area contributed by atoms with Crippen LogP contribution in [-0.4, -0.2) is 18.2 Å². The number of nitrogens with one attached hydrogen (secondary N) is 1. The molecule has 1 fully saturated rings. The molecule has 2 aromatic rings. The van der Waals surface area contributed by atoms with E-state index in [0.717, 1.165) is 28.4 Å². The second kappa shape index (κ2) is 6.97. The fraction of sp³-hybridized carbons (Fsp3) is 0.263. The normalized spacial score (nSPS) is 16.3. The lowest BCUT2D eigenvalue weighted by Crippen LogP contribution is -2.13. The van der Waals surface area contributed by atoms with Gasteiger partial charge in [0, 0.05) is 16.1 Å². The molecule has 0 unspecified atom stereocenters. The van der Waals surface area contributed by atoms with Crippen LogP contribution < -0.4 is 5.32 Å². The molecule has 1 saturated carbocycles. The lowest BCUT2D eigenvalue weighted by molar-refractivity contribution is -0.114. The highest BCUT2D eigenvalue weighted by molar-refractivity contribution is 6.31. The molecule has 0 atom stereocenters. The predicted octanol–water partition coefficient (Wildman–Crippen LogP) is 4.55. The van der Waals surface area contributed by atoms with Crippen LogP contribution in [0.25, 0.3) is 0 Å². The molecule has 4 heteroatoms. The average Bonchev–Trinajstić information content (AvgIpc) is 3.35. The Kier molecular flexibility index (Phi) is 4.77. The first-order valence-electron chi connectivity index (χ1n) is 7.83. The highest BCUT2D eigenvalue weighted by Gasteiger charge is 2.17. The molecular formula is C19H19ClN2O. The summed E-state index contributed by atoms with van der Waals surface area (Å²) in [5, 5.41) is 3.46. The Labute approximate surface area is 141 Å². The maximum absolute atomic E-state index is 11.7. The van der Waals surface area contributed by atoms with Crippen molar-refractivity contribution in [1.29, 1.82) is 0 Å². The summed E-state index contributed by atoms with van der Waals surface area (Å²) < 4.78 is 0. The standard InChI is InChI=1S/C15H11ClN2O.C4H8/c16-11-6-7-13-12(8-11)15(17-9-14(19)18-13)10-4-2-1-3-5-10;1-4-2-3-4/h1-8H,9H2,(H,18,19);4H,2-3H2,1H3. The molecule has 0 radical (unpaired) electrons. The number of benzodiazepines with no additional fused rings is 1. The third-order valence-corrected chi connectivity index (χ3v) is 4.04. The van der Waals surface area contributed by atoms with Crippen molar-refractivity contribution in [3.05, 3.63) is 64.7 Å². The van der Waals surface area contributed by atoms with Crippen LogP contribution in [0, 0.1) is 5.92 Å². The Bertz CT molecular complexity index is 736. The Morgan fingerprint density at radius 1 is 1.13 bits per heavy atom. The van der Waals surface area contributed by atoms with Crippen LogP contribution in [0.5, 0.6) is 0 Å². The number of benzene rings is 2. The van der Waals surface area contributed by atoms with Crippen LogP contribution in [0.2, 0.25) is 5.02 Å². The van der Waals surface area contributed by atoms with Crippen LogP contribution in [0.1, 0.15) is 30.9 Å². The van der Waals surface area contributed by atoms with Gasteiger partial charge in [-0.25, -0.2) is 0 Å². The number of rotatable bonds is 1. The first-order valence-corrected chi connectivity index (χ1v) is 8.21. The van der Waals surface area contributed by atoms with E-state index < -0.39 is 0 Å². The molecule has 2 aromatic carbocycles. The number of hydrogen-bond acceptors (Lipinski definition) is 2. The summed E-state index contributed by atoms with van der Waals surface area (Å²) in [5.74, 6) is 0.967. The third kappa shape index (κ3) is 4.20. The summed E-state index contributed by atoms with van der Waals surface area (Å²) in [5.41, 5.74) is 3.36. The second-order valence-corrected chi connectivity index (χ2v) is 6.39. The van der Waals surface area contributed by atoms with E-state index in [0.29, 0.717) is 5.02 Å². The van der Waals surface area contributed by atoms with Crippen molar-refractivity contribution in [2.45, 2.75) is 19.8 Å². The fourth-order valence-electron chi connectivity index (χ4n) is 2.26. The van der Waals surface area contributed by atoms with E-state index in [1.54, 1.807) is 12.1 Å². The monoisotopic (exact) mass is 326 g/mol. The van der Waals surface area contributed by atoms with Gasteiger partial charge in [0.05, 0.1) is 11.4 Å². The average molecular weight is 327 g/mol. The fourth-order valence-corrected chi connectivity index (χ4v) is 2.43. The van der Waals surface area contributed by atoms with Gasteiger partial charge in [-0.2, -0.15) is 0 Å². The molecule has 1 amide bonds. The first kappa shape index (κ1) is 15.8. The third-order valence-electron chi connectivity index (χ3n) is 3.80. The van der Waals surface area contributed by atoms with E-state index in [-0.39, 0.29) is 12.5 Å².